The molecule has 1 unspecified atom stereocenters. The van der Waals surface area contributed by atoms with Gasteiger partial charge in [0.15, 0.2) is 0 Å². The molecule has 0 aliphatic heterocycles. The summed E-state index contributed by atoms with van der Waals surface area (Å²) in [5.74, 6) is -1.90. The first-order valence-corrected chi connectivity index (χ1v) is 18.1. The summed E-state index contributed by atoms with van der Waals surface area (Å²) in [6.45, 7) is 4.59. The largest absolute Gasteiger partial charge is 0.481 e. The summed E-state index contributed by atoms with van der Waals surface area (Å²) in [5, 5.41) is 9.03. The van der Waals surface area contributed by atoms with Gasteiger partial charge in [0.1, 0.15) is 0 Å². The average molecular weight is 579 g/mol. The monoisotopic (exact) mass is 579 g/mol. The number of carboxylic acid groups (broad SMARTS) is 1. The van der Waals surface area contributed by atoms with Crippen molar-refractivity contribution in [2.24, 2.45) is 5.92 Å². The average Bonchev–Trinajstić information content (AvgIpc) is 2.96. The predicted octanol–water partition coefficient (Wildman–Crippen LogP) is 12.1. The van der Waals surface area contributed by atoms with Crippen LogP contribution in [-0.4, -0.2) is 23.7 Å². The number of unbranched alkanes of at least 4 members (excludes halogenated alkanes) is 25. The van der Waals surface area contributed by atoms with Crippen molar-refractivity contribution in [1.29, 1.82) is 0 Å². The van der Waals surface area contributed by atoms with E-state index in [1.54, 1.807) is 0 Å². The Morgan fingerprint density at radius 1 is 0.537 bits per heavy atom. The minimum absolute atomic E-state index is 0.160. The van der Waals surface area contributed by atoms with Crippen molar-refractivity contribution >= 4 is 11.9 Å². The Morgan fingerprint density at radius 2 is 0.902 bits per heavy atom. The molecule has 0 aliphatic carbocycles. The van der Waals surface area contributed by atoms with E-state index < -0.39 is 11.9 Å². The van der Waals surface area contributed by atoms with Gasteiger partial charge in [-0.15, -0.1) is 0 Å². The zero-order valence-corrected chi connectivity index (χ0v) is 27.6. The van der Waals surface area contributed by atoms with Crippen molar-refractivity contribution < 1.29 is 19.4 Å². The molecule has 0 aromatic heterocycles. The Morgan fingerprint density at radius 3 is 1.24 bits per heavy atom. The standard InChI is InChI=1S/C37H70O4/c1-3-5-6-7-8-9-10-11-12-13-14-15-16-17-18-19-20-21-22-23-24-25-26-27-28-29-30-31-32-35(34-36(38)39)37(40)41-33-4-2/h30-31,35H,3-29,32-34H2,1-2H3,(H,38,39)/b31-30+. The molecule has 0 rings (SSSR count). The first-order chi connectivity index (χ1) is 20.1. The molecule has 0 saturated carbocycles. The van der Waals surface area contributed by atoms with Crippen molar-refractivity contribution in [3.8, 4) is 0 Å². The molecule has 4 heteroatoms. The van der Waals surface area contributed by atoms with E-state index in [2.05, 4.69) is 13.0 Å². The Balaban J connectivity index is 3.33. The second-order valence-corrected chi connectivity index (χ2v) is 12.4. The van der Waals surface area contributed by atoms with Gasteiger partial charge in [-0.05, 0) is 25.7 Å². The lowest BCUT2D eigenvalue weighted by molar-refractivity contribution is -0.153. The zero-order chi connectivity index (χ0) is 30.1. The van der Waals surface area contributed by atoms with Crippen LogP contribution in [0.25, 0.3) is 0 Å². The molecular weight excluding hydrogens is 508 g/mol. The lowest BCUT2D eigenvalue weighted by Gasteiger charge is -2.11. The molecule has 0 fully saturated rings. The highest BCUT2D eigenvalue weighted by Crippen LogP contribution is 2.17. The van der Waals surface area contributed by atoms with E-state index in [-0.39, 0.29) is 12.4 Å². The summed E-state index contributed by atoms with van der Waals surface area (Å²) < 4.78 is 5.13. The molecule has 1 atom stereocenters. The van der Waals surface area contributed by atoms with Crippen LogP contribution in [0.4, 0.5) is 0 Å². The SMILES string of the molecule is CCCCCCCCCCCCCCCCCCCCCCCCCCC/C=C/CC(CC(=O)O)C(=O)OCCC. The summed E-state index contributed by atoms with van der Waals surface area (Å²) in [6.07, 6.45) is 41.3. The maximum absolute atomic E-state index is 12.0. The normalized spacial score (nSPS) is 12.2. The maximum atomic E-state index is 12.0. The molecule has 0 radical (unpaired) electrons. The summed E-state index contributed by atoms with van der Waals surface area (Å²) in [7, 11) is 0. The molecule has 0 heterocycles. The van der Waals surface area contributed by atoms with Gasteiger partial charge >= 0.3 is 11.9 Å². The molecule has 0 saturated heterocycles. The minimum Gasteiger partial charge on any atom is -0.481 e. The van der Waals surface area contributed by atoms with Crippen LogP contribution in [0.3, 0.4) is 0 Å². The number of hydrogen-bond donors (Lipinski definition) is 1. The van der Waals surface area contributed by atoms with Crippen LogP contribution < -0.4 is 0 Å². The van der Waals surface area contributed by atoms with Crippen molar-refractivity contribution in [1.82, 2.24) is 0 Å². The van der Waals surface area contributed by atoms with Gasteiger partial charge in [0.2, 0.25) is 0 Å². The molecule has 1 N–H and O–H groups in total. The van der Waals surface area contributed by atoms with Gasteiger partial charge in [-0.1, -0.05) is 180 Å². The molecule has 0 aromatic rings. The number of carbonyl (C=O) groups is 2. The molecular formula is C37H70O4. The Bertz CT molecular complexity index is 585. The Labute approximate surface area is 255 Å². The lowest BCUT2D eigenvalue weighted by Crippen LogP contribution is -2.20. The fourth-order valence-corrected chi connectivity index (χ4v) is 5.57. The molecule has 0 amide bonds. The van der Waals surface area contributed by atoms with Crippen molar-refractivity contribution in [3.05, 3.63) is 12.2 Å². The highest BCUT2D eigenvalue weighted by atomic mass is 16.5. The third-order valence-electron chi connectivity index (χ3n) is 8.26. The molecule has 41 heavy (non-hydrogen) atoms. The molecule has 242 valence electrons. The topological polar surface area (TPSA) is 63.6 Å². The van der Waals surface area contributed by atoms with E-state index in [0.29, 0.717) is 13.0 Å². The van der Waals surface area contributed by atoms with E-state index in [1.807, 2.05) is 13.0 Å². The molecule has 0 aromatic carbocycles. The predicted molar refractivity (Wildman–Crippen MR) is 176 cm³/mol. The van der Waals surface area contributed by atoms with Crippen LogP contribution in [0.5, 0.6) is 0 Å². The van der Waals surface area contributed by atoms with Crippen LogP contribution in [0.1, 0.15) is 200 Å². The second-order valence-electron chi connectivity index (χ2n) is 12.4. The highest BCUT2D eigenvalue weighted by molar-refractivity contribution is 5.79. The van der Waals surface area contributed by atoms with Crippen molar-refractivity contribution in [3.63, 3.8) is 0 Å². The fraction of sp³-hybridized carbons (Fsp3) is 0.892. The number of esters is 1. The Kier molecular flexibility index (Phi) is 32.1. The molecule has 4 nitrogen and oxygen atoms in total. The van der Waals surface area contributed by atoms with Crippen LogP contribution in [0.2, 0.25) is 0 Å². The van der Waals surface area contributed by atoms with Crippen molar-refractivity contribution in [2.45, 2.75) is 200 Å². The van der Waals surface area contributed by atoms with Gasteiger partial charge in [0, 0.05) is 0 Å². The maximum Gasteiger partial charge on any atom is 0.309 e. The number of ether oxygens (including phenoxy) is 1. The number of carboxylic acids is 1. The summed E-state index contributed by atoms with van der Waals surface area (Å²) >= 11 is 0. The van der Waals surface area contributed by atoms with Crippen LogP contribution in [0.15, 0.2) is 12.2 Å². The number of hydrogen-bond acceptors (Lipinski definition) is 3. The third-order valence-corrected chi connectivity index (χ3v) is 8.26. The zero-order valence-electron chi connectivity index (χ0n) is 27.6. The summed E-state index contributed by atoms with van der Waals surface area (Å²) in [5.41, 5.74) is 0. The van der Waals surface area contributed by atoms with Crippen LogP contribution in [-0.2, 0) is 14.3 Å². The number of allylic oxidation sites excluding steroid dienone is 2. The van der Waals surface area contributed by atoms with E-state index in [9.17, 15) is 9.59 Å². The van der Waals surface area contributed by atoms with E-state index in [4.69, 9.17) is 9.84 Å². The second kappa shape index (κ2) is 33.2. The Hall–Kier alpha value is -1.32. The quantitative estimate of drug-likeness (QED) is 0.0478. The van der Waals surface area contributed by atoms with Gasteiger partial charge in [-0.25, -0.2) is 0 Å². The smallest absolute Gasteiger partial charge is 0.309 e. The molecule has 0 bridgehead atoms. The fourth-order valence-electron chi connectivity index (χ4n) is 5.57. The summed E-state index contributed by atoms with van der Waals surface area (Å²) in [4.78, 5) is 23.0. The highest BCUT2D eigenvalue weighted by Gasteiger charge is 2.21. The van der Waals surface area contributed by atoms with Gasteiger partial charge in [0.25, 0.3) is 0 Å². The lowest BCUT2D eigenvalue weighted by atomic mass is 10.0. The number of aliphatic carboxylic acids is 1. The van der Waals surface area contributed by atoms with Crippen molar-refractivity contribution in [2.75, 3.05) is 6.61 Å². The molecule has 0 spiro atoms. The first-order valence-electron chi connectivity index (χ1n) is 18.1. The van der Waals surface area contributed by atoms with Gasteiger partial charge in [-0.2, -0.15) is 0 Å². The first kappa shape index (κ1) is 39.7. The van der Waals surface area contributed by atoms with Crippen LogP contribution >= 0.6 is 0 Å². The van der Waals surface area contributed by atoms with Gasteiger partial charge < -0.3 is 9.84 Å². The number of carbonyl (C=O) groups excluding carboxylic acids is 1. The summed E-state index contributed by atoms with van der Waals surface area (Å²) in [6, 6.07) is 0. The van der Waals surface area contributed by atoms with E-state index >= 15 is 0 Å². The van der Waals surface area contributed by atoms with Gasteiger partial charge in [0.05, 0.1) is 18.9 Å². The number of rotatable bonds is 33. The van der Waals surface area contributed by atoms with E-state index in [0.717, 1.165) is 12.8 Å². The van der Waals surface area contributed by atoms with Crippen LogP contribution in [0, 0.1) is 5.92 Å². The van der Waals surface area contributed by atoms with E-state index in [1.165, 1.54) is 161 Å². The third kappa shape index (κ3) is 31.4. The molecule has 0 aliphatic rings. The minimum atomic E-state index is -0.947. The van der Waals surface area contributed by atoms with Gasteiger partial charge in [-0.3, -0.25) is 9.59 Å².